The van der Waals surface area contributed by atoms with Crippen LogP contribution in [0.1, 0.15) is 36.8 Å². The quantitative estimate of drug-likeness (QED) is 0.635. The fourth-order valence-corrected chi connectivity index (χ4v) is 5.31. The Morgan fingerprint density at radius 1 is 1.00 bits per heavy atom. The van der Waals surface area contributed by atoms with Crippen molar-refractivity contribution in [3.63, 3.8) is 0 Å². The summed E-state index contributed by atoms with van der Waals surface area (Å²) in [6.07, 6.45) is 10.6. The molecule has 0 amide bonds. The van der Waals surface area contributed by atoms with Crippen LogP contribution in [-0.4, -0.2) is 6.04 Å². The van der Waals surface area contributed by atoms with Crippen LogP contribution in [0.15, 0.2) is 54.2 Å². The zero-order chi connectivity index (χ0) is 18.5. The summed E-state index contributed by atoms with van der Waals surface area (Å²) in [6, 6.07) is 24.6. The van der Waals surface area contributed by atoms with Gasteiger partial charge in [0.15, 0.2) is 0 Å². The van der Waals surface area contributed by atoms with Crippen molar-refractivity contribution in [3.05, 3.63) is 87.9 Å². The maximum Gasteiger partial charge on any atom is 0.0327 e. The van der Waals surface area contributed by atoms with Gasteiger partial charge in [0, 0.05) is 23.5 Å². The van der Waals surface area contributed by atoms with Crippen LogP contribution >= 0.6 is 0 Å². The lowest BCUT2D eigenvalue weighted by atomic mass is 9.82. The van der Waals surface area contributed by atoms with Crippen molar-refractivity contribution in [1.82, 2.24) is 5.32 Å². The molecule has 1 nitrogen and oxygen atoms in total. The highest BCUT2D eigenvalue weighted by atomic mass is 15.0. The summed E-state index contributed by atoms with van der Waals surface area (Å²) in [6.45, 7) is 0. The third kappa shape index (κ3) is 2.56. The van der Waals surface area contributed by atoms with E-state index in [1.807, 2.05) is 6.07 Å². The maximum atomic E-state index is 3.96. The number of hydrogen-bond donors (Lipinski definition) is 1. The number of benzene rings is 2. The Morgan fingerprint density at radius 3 is 2.82 bits per heavy atom. The van der Waals surface area contributed by atoms with Gasteiger partial charge in [0.05, 0.1) is 0 Å². The molecule has 136 valence electrons. The molecular weight excluding hydrogens is 338 g/mol. The van der Waals surface area contributed by atoms with Crippen LogP contribution in [0, 0.1) is 18.1 Å². The fraction of sp³-hybridized carbons (Fsp3) is 0.259. The molecule has 2 aliphatic carbocycles. The minimum absolute atomic E-state index is 0.543. The van der Waals surface area contributed by atoms with E-state index in [-0.39, 0.29) is 0 Å². The molecule has 1 aliphatic heterocycles. The number of nitrogens with one attached hydrogen (secondary N) is 1. The van der Waals surface area contributed by atoms with Crippen molar-refractivity contribution in [2.24, 2.45) is 5.92 Å². The molecule has 6 rings (SSSR count). The predicted octanol–water partition coefficient (Wildman–Crippen LogP) is 4.13. The lowest BCUT2D eigenvalue weighted by Gasteiger charge is -2.34. The van der Waals surface area contributed by atoms with Gasteiger partial charge in [-0.1, -0.05) is 48.6 Å². The van der Waals surface area contributed by atoms with Gasteiger partial charge in [0.1, 0.15) is 0 Å². The first kappa shape index (κ1) is 16.0. The highest BCUT2D eigenvalue weighted by molar-refractivity contribution is 5.89. The van der Waals surface area contributed by atoms with Crippen LogP contribution in [0.25, 0.3) is 28.5 Å². The summed E-state index contributed by atoms with van der Waals surface area (Å²) >= 11 is 0. The molecule has 0 aromatic heterocycles. The summed E-state index contributed by atoms with van der Waals surface area (Å²) < 4.78 is 0. The van der Waals surface area contributed by atoms with Crippen LogP contribution in [0.3, 0.4) is 0 Å². The summed E-state index contributed by atoms with van der Waals surface area (Å²) in [7, 11) is 0. The lowest BCUT2D eigenvalue weighted by molar-refractivity contribution is 0.353. The Morgan fingerprint density at radius 2 is 1.89 bits per heavy atom. The summed E-state index contributed by atoms with van der Waals surface area (Å²) in [5.74, 6) is 0.688. The van der Waals surface area contributed by atoms with Gasteiger partial charge in [0.2, 0.25) is 0 Å². The van der Waals surface area contributed by atoms with Crippen molar-refractivity contribution in [2.75, 3.05) is 0 Å². The fourth-order valence-electron chi connectivity index (χ4n) is 5.31. The van der Waals surface area contributed by atoms with Crippen LogP contribution in [0.4, 0.5) is 0 Å². The van der Waals surface area contributed by atoms with Gasteiger partial charge in [-0.2, -0.15) is 0 Å². The Balaban J connectivity index is 1.37. The van der Waals surface area contributed by atoms with Crippen molar-refractivity contribution >= 4 is 28.5 Å². The average molecular weight is 361 g/mol. The molecule has 0 radical (unpaired) electrons. The predicted molar refractivity (Wildman–Crippen MR) is 116 cm³/mol. The van der Waals surface area contributed by atoms with E-state index in [9.17, 15) is 0 Å². The summed E-state index contributed by atoms with van der Waals surface area (Å²) in [5.41, 5.74) is 5.92. The topological polar surface area (TPSA) is 12.0 Å². The molecule has 1 heterocycles. The van der Waals surface area contributed by atoms with E-state index in [1.165, 1.54) is 50.9 Å². The third-order valence-corrected chi connectivity index (χ3v) is 6.77. The monoisotopic (exact) mass is 361 g/mol. The van der Waals surface area contributed by atoms with E-state index < -0.39 is 0 Å². The smallest absolute Gasteiger partial charge is 0.0327 e. The van der Waals surface area contributed by atoms with Crippen LogP contribution in [0.5, 0.6) is 0 Å². The maximum absolute atomic E-state index is 3.96. The second-order valence-electron chi connectivity index (χ2n) is 8.40. The first-order valence-corrected chi connectivity index (χ1v) is 10.4. The Labute approximate surface area is 166 Å². The molecule has 1 heteroatoms. The molecule has 3 aromatic rings. The molecule has 2 atom stereocenters. The standard InChI is InChI=1S/C27H23N/c1-2-7-19-12-13-26-22(11-5-10-18(19)6-1)16-25-24-15-21-9-4-3-8-20(21)14-23(24)17-27(25)28-26/h1-3,6-8,10,12,14-15,22,26,28H,5,11,13,16-17H2/b18-10-,19-12-. The van der Waals surface area contributed by atoms with Gasteiger partial charge in [-0.05, 0) is 88.4 Å². The molecule has 0 fully saturated rings. The number of rotatable bonds is 0. The van der Waals surface area contributed by atoms with E-state index in [1.54, 1.807) is 5.57 Å². The zero-order valence-corrected chi connectivity index (χ0v) is 16.0. The van der Waals surface area contributed by atoms with Gasteiger partial charge in [-0.3, -0.25) is 0 Å². The molecule has 0 spiro atoms. The largest absolute Gasteiger partial charge is 0.384 e. The number of allylic oxidation sites excluding steroid dienone is 2. The second kappa shape index (κ2) is 6.28. The van der Waals surface area contributed by atoms with E-state index in [4.69, 9.17) is 0 Å². The van der Waals surface area contributed by atoms with E-state index >= 15 is 0 Å². The average Bonchev–Trinajstić information content (AvgIpc) is 3.10. The molecule has 0 saturated carbocycles. The van der Waals surface area contributed by atoms with Crippen LogP contribution < -0.4 is 15.8 Å². The van der Waals surface area contributed by atoms with E-state index in [2.05, 4.69) is 72.1 Å². The third-order valence-electron chi connectivity index (χ3n) is 6.77. The first-order valence-electron chi connectivity index (χ1n) is 10.4. The lowest BCUT2D eigenvalue weighted by Crippen LogP contribution is -2.39. The Kier molecular flexibility index (Phi) is 3.59. The number of fused-ring (bicyclic) bond motifs is 5. The molecule has 3 aromatic carbocycles. The molecular formula is C27H23N. The zero-order valence-electron chi connectivity index (χ0n) is 16.0. The Bertz CT molecular complexity index is 1230. The molecule has 2 unspecified atom stereocenters. The summed E-state index contributed by atoms with van der Waals surface area (Å²) in [4.78, 5) is 0. The van der Waals surface area contributed by atoms with Gasteiger partial charge in [0.25, 0.3) is 0 Å². The van der Waals surface area contributed by atoms with Crippen molar-refractivity contribution in [1.29, 1.82) is 0 Å². The van der Waals surface area contributed by atoms with Gasteiger partial charge in [-0.25, -0.2) is 0 Å². The van der Waals surface area contributed by atoms with Gasteiger partial charge in [-0.15, -0.1) is 0 Å². The first-order chi connectivity index (χ1) is 13.8. The highest BCUT2D eigenvalue weighted by Crippen LogP contribution is 2.43. The minimum atomic E-state index is 0.543. The normalized spacial score (nSPS) is 25.1. The van der Waals surface area contributed by atoms with Crippen LogP contribution in [-0.2, 0) is 6.42 Å². The second-order valence-corrected chi connectivity index (χ2v) is 8.40. The van der Waals surface area contributed by atoms with E-state index in [0.717, 1.165) is 19.3 Å². The summed E-state index contributed by atoms with van der Waals surface area (Å²) in [5, 5.41) is 9.20. The van der Waals surface area contributed by atoms with Crippen LogP contribution in [0.2, 0.25) is 0 Å². The molecule has 1 N–H and O–H groups in total. The van der Waals surface area contributed by atoms with Crippen molar-refractivity contribution in [2.45, 2.75) is 38.1 Å². The van der Waals surface area contributed by atoms with Gasteiger partial charge < -0.3 is 5.32 Å². The molecule has 0 saturated heterocycles. The van der Waals surface area contributed by atoms with Gasteiger partial charge >= 0.3 is 0 Å². The SMILES string of the molecule is c1ccc2cc3c(cc2c#1)C1=C(C3)NC2C/C=c3/cccc/c3=C/CCC2C1. The number of hydrogen-bond acceptors (Lipinski definition) is 1. The van der Waals surface area contributed by atoms with Crippen molar-refractivity contribution in [3.8, 4) is 0 Å². The molecule has 28 heavy (non-hydrogen) atoms. The molecule has 3 aliphatic rings. The van der Waals surface area contributed by atoms with Crippen molar-refractivity contribution < 1.29 is 0 Å². The molecule has 0 bridgehead atoms. The highest BCUT2D eigenvalue weighted by Gasteiger charge is 2.33. The minimum Gasteiger partial charge on any atom is -0.384 e. The Hall–Kier alpha value is -2.98. The van der Waals surface area contributed by atoms with E-state index in [0.29, 0.717) is 12.0 Å².